The van der Waals surface area contributed by atoms with Gasteiger partial charge in [0.25, 0.3) is 5.56 Å². The van der Waals surface area contributed by atoms with Crippen LogP contribution in [0.4, 0.5) is 11.6 Å². The molecule has 1 aromatic carbocycles. The Morgan fingerprint density at radius 2 is 1.78 bits per heavy atom. The molecule has 1 saturated carbocycles. The summed E-state index contributed by atoms with van der Waals surface area (Å²) in [5.41, 5.74) is 3.73. The van der Waals surface area contributed by atoms with Crippen LogP contribution in [0.3, 0.4) is 0 Å². The smallest absolute Gasteiger partial charge is 0.257 e. The Balaban J connectivity index is 1.17. The lowest BCUT2D eigenvalue weighted by atomic mass is 9.84. The minimum Gasteiger partial charge on any atom is -0.342 e. The Bertz CT molecular complexity index is 1000. The van der Waals surface area contributed by atoms with Crippen LogP contribution in [-0.2, 0) is 17.8 Å². The van der Waals surface area contributed by atoms with Crippen LogP contribution < -0.4 is 15.8 Å². The normalized spacial score (nSPS) is 19.7. The number of benzene rings is 1. The molecule has 0 atom stereocenters. The van der Waals surface area contributed by atoms with Gasteiger partial charge in [-0.3, -0.25) is 19.5 Å². The van der Waals surface area contributed by atoms with Gasteiger partial charge in [-0.25, -0.2) is 4.98 Å². The highest BCUT2D eigenvalue weighted by molar-refractivity contribution is 5.92. The van der Waals surface area contributed by atoms with Crippen LogP contribution in [0.1, 0.15) is 67.7 Å². The van der Waals surface area contributed by atoms with E-state index in [0.29, 0.717) is 30.4 Å². The van der Waals surface area contributed by atoms with Gasteiger partial charge in [-0.05, 0) is 49.3 Å². The summed E-state index contributed by atoms with van der Waals surface area (Å²) in [4.78, 5) is 37.2. The van der Waals surface area contributed by atoms with Crippen molar-refractivity contribution in [2.75, 3.05) is 36.4 Å². The fourth-order valence-corrected chi connectivity index (χ4v) is 5.36. The quantitative estimate of drug-likeness (QED) is 0.752. The highest BCUT2D eigenvalue weighted by Gasteiger charge is 2.24. The zero-order valence-electron chi connectivity index (χ0n) is 18.7. The molecule has 2 aromatic rings. The first kappa shape index (κ1) is 21.2. The number of H-pyrrole nitrogens is 1. The van der Waals surface area contributed by atoms with Crippen molar-refractivity contribution >= 4 is 17.5 Å². The Labute approximate surface area is 189 Å². The van der Waals surface area contributed by atoms with Crippen molar-refractivity contribution in [1.29, 1.82) is 0 Å². The van der Waals surface area contributed by atoms with Gasteiger partial charge in [0.05, 0.1) is 17.8 Å². The van der Waals surface area contributed by atoms with Crippen molar-refractivity contribution in [3.8, 4) is 0 Å². The Morgan fingerprint density at radius 1 is 1.03 bits per heavy atom. The van der Waals surface area contributed by atoms with Gasteiger partial charge in [0.15, 0.2) is 0 Å². The van der Waals surface area contributed by atoms with Crippen molar-refractivity contribution in [2.45, 2.75) is 63.8 Å². The van der Waals surface area contributed by atoms with Crippen molar-refractivity contribution in [3.05, 3.63) is 51.4 Å². The molecule has 1 amide bonds. The SMILES string of the molecule is O=C(CN1CCc2nc(N3CCCC3)[nH]c(=O)c2C1)Nc1ccc(C2CCCCC2)cc1. The molecule has 0 radical (unpaired) electrons. The van der Waals surface area contributed by atoms with E-state index in [4.69, 9.17) is 4.98 Å². The lowest BCUT2D eigenvalue weighted by molar-refractivity contribution is -0.117. The van der Waals surface area contributed by atoms with E-state index in [-0.39, 0.29) is 18.0 Å². The molecule has 2 aliphatic heterocycles. The van der Waals surface area contributed by atoms with E-state index >= 15 is 0 Å². The molecule has 1 aromatic heterocycles. The number of rotatable bonds is 5. The van der Waals surface area contributed by atoms with E-state index in [1.807, 2.05) is 17.0 Å². The van der Waals surface area contributed by atoms with Gasteiger partial charge in [0.1, 0.15) is 0 Å². The monoisotopic (exact) mass is 435 g/mol. The van der Waals surface area contributed by atoms with E-state index in [0.717, 1.165) is 43.9 Å². The summed E-state index contributed by atoms with van der Waals surface area (Å²) in [7, 11) is 0. The third kappa shape index (κ3) is 4.72. The molecule has 1 aliphatic carbocycles. The summed E-state index contributed by atoms with van der Waals surface area (Å²) in [6.07, 6.45) is 9.53. The number of amides is 1. The predicted octanol–water partition coefficient (Wildman–Crippen LogP) is 3.41. The molecule has 7 heteroatoms. The molecule has 5 rings (SSSR count). The van der Waals surface area contributed by atoms with Crippen LogP contribution in [0, 0.1) is 0 Å². The number of nitrogens with zero attached hydrogens (tertiary/aromatic N) is 3. The van der Waals surface area contributed by atoms with Crippen LogP contribution in [0.5, 0.6) is 0 Å². The minimum absolute atomic E-state index is 0.0445. The Kier molecular flexibility index (Phi) is 6.26. The molecular weight excluding hydrogens is 402 g/mol. The van der Waals surface area contributed by atoms with E-state index < -0.39 is 0 Å². The molecular formula is C25H33N5O2. The maximum absolute atomic E-state index is 12.7. The van der Waals surface area contributed by atoms with Gasteiger partial charge in [0, 0.05) is 38.3 Å². The number of fused-ring (bicyclic) bond motifs is 1. The maximum atomic E-state index is 12.7. The first-order valence-corrected chi connectivity index (χ1v) is 12.1. The van der Waals surface area contributed by atoms with Crippen LogP contribution in [0.2, 0.25) is 0 Å². The van der Waals surface area contributed by atoms with Gasteiger partial charge in [-0.15, -0.1) is 0 Å². The highest BCUT2D eigenvalue weighted by Crippen LogP contribution is 2.33. The number of carbonyl (C=O) groups excluding carboxylic acids is 1. The maximum Gasteiger partial charge on any atom is 0.257 e. The Morgan fingerprint density at radius 3 is 2.53 bits per heavy atom. The number of anilines is 2. The zero-order valence-corrected chi connectivity index (χ0v) is 18.7. The average Bonchev–Trinajstić information content (AvgIpc) is 3.35. The summed E-state index contributed by atoms with van der Waals surface area (Å²) in [6.45, 7) is 3.38. The molecule has 1 saturated heterocycles. The number of aromatic amines is 1. The zero-order chi connectivity index (χ0) is 21.9. The van der Waals surface area contributed by atoms with Gasteiger partial charge in [-0.2, -0.15) is 0 Å². The second-order valence-corrected chi connectivity index (χ2v) is 9.47. The number of nitrogens with one attached hydrogen (secondary N) is 2. The fourth-order valence-electron chi connectivity index (χ4n) is 5.36. The third-order valence-corrected chi connectivity index (χ3v) is 7.18. The van der Waals surface area contributed by atoms with Crippen molar-refractivity contribution in [2.24, 2.45) is 0 Å². The van der Waals surface area contributed by atoms with E-state index in [9.17, 15) is 9.59 Å². The summed E-state index contributed by atoms with van der Waals surface area (Å²) in [5, 5.41) is 3.02. The van der Waals surface area contributed by atoms with Crippen LogP contribution in [0.15, 0.2) is 29.1 Å². The molecule has 3 heterocycles. The Hall–Kier alpha value is -2.67. The number of aromatic nitrogens is 2. The lowest BCUT2D eigenvalue weighted by Gasteiger charge is -2.28. The molecule has 3 aliphatic rings. The van der Waals surface area contributed by atoms with Crippen molar-refractivity contribution < 1.29 is 4.79 Å². The first-order chi connectivity index (χ1) is 15.7. The second kappa shape index (κ2) is 9.45. The van der Waals surface area contributed by atoms with Crippen LogP contribution >= 0.6 is 0 Å². The molecule has 0 unspecified atom stereocenters. The summed E-state index contributed by atoms with van der Waals surface area (Å²) in [5.74, 6) is 1.32. The molecule has 7 nitrogen and oxygen atoms in total. The second-order valence-electron chi connectivity index (χ2n) is 9.47. The van der Waals surface area contributed by atoms with E-state index in [1.54, 1.807) is 0 Å². The van der Waals surface area contributed by atoms with Gasteiger partial charge in [-0.1, -0.05) is 31.4 Å². The molecule has 0 spiro atoms. The van der Waals surface area contributed by atoms with Crippen LogP contribution in [0.25, 0.3) is 0 Å². The minimum atomic E-state index is -0.0692. The van der Waals surface area contributed by atoms with Gasteiger partial charge in [0.2, 0.25) is 11.9 Å². The largest absolute Gasteiger partial charge is 0.342 e. The topological polar surface area (TPSA) is 81.3 Å². The standard InChI is InChI=1S/C25H33N5O2/c31-23(26-20-10-8-19(9-11-20)18-6-2-1-3-7-18)17-29-15-12-22-21(16-29)24(32)28-25(27-22)30-13-4-5-14-30/h8-11,18H,1-7,12-17H2,(H,26,31)(H,27,28,32). The number of hydrogen-bond donors (Lipinski definition) is 2. The summed E-state index contributed by atoms with van der Waals surface area (Å²) in [6, 6.07) is 8.35. The third-order valence-electron chi connectivity index (χ3n) is 7.18. The molecule has 2 N–H and O–H groups in total. The predicted molar refractivity (Wildman–Crippen MR) is 126 cm³/mol. The molecule has 2 fully saturated rings. The molecule has 0 bridgehead atoms. The van der Waals surface area contributed by atoms with Crippen molar-refractivity contribution in [1.82, 2.24) is 14.9 Å². The lowest BCUT2D eigenvalue weighted by Crippen LogP contribution is -2.40. The van der Waals surface area contributed by atoms with E-state index in [2.05, 4.69) is 27.3 Å². The molecule has 32 heavy (non-hydrogen) atoms. The van der Waals surface area contributed by atoms with Gasteiger partial charge < -0.3 is 10.2 Å². The number of carbonyl (C=O) groups is 1. The number of hydrogen-bond acceptors (Lipinski definition) is 5. The highest BCUT2D eigenvalue weighted by atomic mass is 16.2. The average molecular weight is 436 g/mol. The van der Waals surface area contributed by atoms with Gasteiger partial charge >= 0.3 is 0 Å². The summed E-state index contributed by atoms with van der Waals surface area (Å²) >= 11 is 0. The first-order valence-electron chi connectivity index (χ1n) is 12.1. The van der Waals surface area contributed by atoms with Crippen LogP contribution in [-0.4, -0.2) is 47.0 Å². The van der Waals surface area contributed by atoms with Crippen molar-refractivity contribution in [3.63, 3.8) is 0 Å². The fraction of sp³-hybridized carbons (Fsp3) is 0.560. The molecule has 170 valence electrons. The van der Waals surface area contributed by atoms with E-state index in [1.165, 1.54) is 37.7 Å². The summed E-state index contributed by atoms with van der Waals surface area (Å²) < 4.78 is 0.